The Morgan fingerprint density at radius 1 is 0.886 bits per heavy atom. The number of carbonyl (C=O) groups excluding carboxylic acids is 4. The molecule has 2 saturated carbocycles. The van der Waals surface area contributed by atoms with Crippen molar-refractivity contribution >= 4 is 46.7 Å². The van der Waals surface area contributed by atoms with Crippen LogP contribution in [0.5, 0.6) is 0 Å². The summed E-state index contributed by atoms with van der Waals surface area (Å²) in [7, 11) is 0. The van der Waals surface area contributed by atoms with E-state index in [0.717, 1.165) is 16.4 Å². The van der Waals surface area contributed by atoms with Crippen LogP contribution >= 0.6 is 23.2 Å². The fourth-order valence-corrected chi connectivity index (χ4v) is 6.61. The SMILES string of the molecule is C[C@H](C(=O)c1ccccc1)N(C(=O)c1ccc(Cl)c(Cl)c1)N1C(=O)[C@@H]2[C@H]3C=C[C@@H]([C@@H]4C[C@H]34)[C@H]2C1=O. The third-order valence-corrected chi connectivity index (χ3v) is 8.77. The summed E-state index contributed by atoms with van der Waals surface area (Å²) < 4.78 is 0. The number of amides is 3. The maximum atomic E-state index is 13.8. The summed E-state index contributed by atoms with van der Waals surface area (Å²) in [5, 5.41) is 2.41. The average molecular weight is 509 g/mol. The number of nitrogens with zero attached hydrogens (tertiary/aromatic N) is 2. The second-order valence-corrected chi connectivity index (χ2v) is 10.6. The van der Waals surface area contributed by atoms with E-state index in [9.17, 15) is 19.2 Å². The number of halogens is 2. The number of ketones is 1. The highest BCUT2D eigenvalue weighted by atomic mass is 35.5. The molecule has 0 N–H and O–H groups in total. The molecule has 5 aliphatic rings. The monoisotopic (exact) mass is 508 g/mol. The molecule has 3 fully saturated rings. The van der Waals surface area contributed by atoms with Crippen molar-refractivity contribution in [3.63, 3.8) is 0 Å². The van der Waals surface area contributed by atoms with Gasteiger partial charge in [-0.25, -0.2) is 5.01 Å². The Bertz CT molecular complexity index is 1270. The van der Waals surface area contributed by atoms with E-state index in [1.807, 2.05) is 0 Å². The number of hydrazine groups is 1. The second-order valence-electron chi connectivity index (χ2n) is 9.83. The molecule has 7 rings (SSSR count). The molecule has 0 aromatic heterocycles. The summed E-state index contributed by atoms with van der Waals surface area (Å²) in [6, 6.07) is 11.8. The van der Waals surface area contributed by atoms with Crippen LogP contribution in [-0.2, 0) is 9.59 Å². The Labute approximate surface area is 212 Å². The van der Waals surface area contributed by atoms with Crippen LogP contribution in [0, 0.1) is 35.5 Å². The Balaban J connectivity index is 1.41. The van der Waals surface area contributed by atoms with Crippen LogP contribution in [0.15, 0.2) is 60.7 Å². The molecule has 6 nitrogen and oxygen atoms in total. The molecular formula is C27H22Cl2N2O4. The van der Waals surface area contributed by atoms with Gasteiger partial charge in [-0.2, -0.15) is 5.01 Å². The summed E-state index contributed by atoms with van der Waals surface area (Å²) in [5.41, 5.74) is 0.512. The van der Waals surface area contributed by atoms with Gasteiger partial charge in [0.2, 0.25) is 0 Å². The highest BCUT2D eigenvalue weighted by Gasteiger charge is 2.68. The molecule has 178 valence electrons. The summed E-state index contributed by atoms with van der Waals surface area (Å²) in [6.45, 7) is 1.54. The van der Waals surface area contributed by atoms with Gasteiger partial charge in [0.25, 0.3) is 17.7 Å². The lowest BCUT2D eigenvalue weighted by Gasteiger charge is -2.37. The van der Waals surface area contributed by atoms with Gasteiger partial charge in [0.1, 0.15) is 6.04 Å². The molecule has 0 unspecified atom stereocenters. The van der Waals surface area contributed by atoms with Crippen LogP contribution in [0.2, 0.25) is 10.0 Å². The molecule has 2 bridgehead atoms. The molecule has 2 aromatic rings. The van der Waals surface area contributed by atoms with Crippen molar-refractivity contribution in [2.45, 2.75) is 19.4 Å². The van der Waals surface area contributed by atoms with E-state index in [0.29, 0.717) is 17.4 Å². The van der Waals surface area contributed by atoms with E-state index >= 15 is 0 Å². The molecule has 8 heteroatoms. The lowest BCUT2D eigenvalue weighted by molar-refractivity contribution is -0.156. The van der Waals surface area contributed by atoms with E-state index in [4.69, 9.17) is 23.2 Å². The normalized spacial score (nSPS) is 30.7. The zero-order chi connectivity index (χ0) is 24.6. The molecule has 0 radical (unpaired) electrons. The van der Waals surface area contributed by atoms with Crippen LogP contribution in [0.25, 0.3) is 0 Å². The molecule has 35 heavy (non-hydrogen) atoms. The minimum Gasteiger partial charge on any atom is -0.292 e. The van der Waals surface area contributed by atoms with Gasteiger partial charge in [-0.1, -0.05) is 65.7 Å². The second kappa shape index (κ2) is 8.04. The number of imide groups is 1. The highest BCUT2D eigenvalue weighted by Crippen LogP contribution is 2.65. The molecule has 2 aromatic carbocycles. The zero-order valence-corrected chi connectivity index (χ0v) is 20.3. The van der Waals surface area contributed by atoms with Gasteiger partial charge < -0.3 is 0 Å². The zero-order valence-electron chi connectivity index (χ0n) is 18.8. The quantitative estimate of drug-likeness (QED) is 0.334. The number of hydrogen-bond acceptors (Lipinski definition) is 4. The van der Waals surface area contributed by atoms with Crippen LogP contribution in [0.3, 0.4) is 0 Å². The molecular weight excluding hydrogens is 487 g/mol. The molecule has 3 amide bonds. The Morgan fingerprint density at radius 2 is 1.49 bits per heavy atom. The van der Waals surface area contributed by atoms with Gasteiger partial charge in [-0.15, -0.1) is 0 Å². The molecule has 1 saturated heterocycles. The smallest absolute Gasteiger partial charge is 0.273 e. The minimum atomic E-state index is -1.10. The van der Waals surface area contributed by atoms with Gasteiger partial charge >= 0.3 is 0 Å². The van der Waals surface area contributed by atoms with E-state index in [1.165, 1.54) is 25.1 Å². The molecule has 1 aliphatic heterocycles. The first-order valence-corrected chi connectivity index (χ1v) is 12.5. The largest absolute Gasteiger partial charge is 0.292 e. The first kappa shape index (κ1) is 22.5. The summed E-state index contributed by atoms with van der Waals surface area (Å²) >= 11 is 12.2. The lowest BCUT2D eigenvalue weighted by Crippen LogP contribution is -2.56. The van der Waals surface area contributed by atoms with Crippen molar-refractivity contribution in [1.29, 1.82) is 0 Å². The maximum absolute atomic E-state index is 13.8. The summed E-state index contributed by atoms with van der Waals surface area (Å²) in [4.78, 5) is 54.8. The van der Waals surface area contributed by atoms with Crippen LogP contribution in [0.4, 0.5) is 0 Å². The van der Waals surface area contributed by atoms with Gasteiger partial charge in [0, 0.05) is 11.1 Å². The first-order valence-electron chi connectivity index (χ1n) is 11.7. The van der Waals surface area contributed by atoms with E-state index < -0.39 is 35.6 Å². The van der Waals surface area contributed by atoms with Gasteiger partial charge in [-0.05, 0) is 55.2 Å². The number of benzene rings is 2. The fourth-order valence-electron chi connectivity index (χ4n) is 6.31. The highest BCUT2D eigenvalue weighted by molar-refractivity contribution is 6.42. The van der Waals surface area contributed by atoms with Gasteiger partial charge in [-0.3, -0.25) is 19.2 Å². The van der Waals surface area contributed by atoms with Crippen LogP contribution < -0.4 is 0 Å². The predicted octanol–water partition coefficient (Wildman–Crippen LogP) is 4.68. The third-order valence-electron chi connectivity index (χ3n) is 8.03. The topological polar surface area (TPSA) is 74.8 Å². The number of Topliss-reactive ketones (excluding diaryl/α,β-unsaturated/α-hetero) is 1. The van der Waals surface area contributed by atoms with Crippen molar-refractivity contribution in [2.24, 2.45) is 35.5 Å². The Kier molecular flexibility index (Phi) is 5.17. The van der Waals surface area contributed by atoms with Crippen molar-refractivity contribution < 1.29 is 19.2 Å². The van der Waals surface area contributed by atoms with Crippen molar-refractivity contribution in [2.75, 3.05) is 0 Å². The third kappa shape index (κ3) is 3.30. The number of hydrogen-bond donors (Lipinski definition) is 0. The van der Waals surface area contributed by atoms with Gasteiger partial charge in [0.05, 0.1) is 21.9 Å². The molecule has 0 spiro atoms. The standard InChI is InChI=1S/C27H22Cl2N2O4/c1-13(24(32)14-5-3-2-4-6-14)30(25(33)15-7-10-20(28)21(29)11-15)31-26(34)22-16-8-9-17(19-12-18(16)19)23(22)27(31)35/h2-11,13,16-19,22-23H,12H2,1H3/t13-,16+,17+,18-,19+,22-,23-/m1/s1. The predicted molar refractivity (Wildman–Crippen MR) is 129 cm³/mol. The summed E-state index contributed by atoms with van der Waals surface area (Å²) in [6.07, 6.45) is 5.17. The Hall–Kier alpha value is -2.96. The number of rotatable bonds is 5. The summed E-state index contributed by atoms with van der Waals surface area (Å²) in [5.74, 6) is -2.01. The lowest BCUT2D eigenvalue weighted by atomic mass is 9.63. The van der Waals surface area contributed by atoms with E-state index in [2.05, 4.69) is 12.2 Å². The maximum Gasteiger partial charge on any atom is 0.273 e. The van der Waals surface area contributed by atoms with E-state index in [-0.39, 0.29) is 33.2 Å². The fraction of sp³-hybridized carbons (Fsp3) is 0.333. The van der Waals surface area contributed by atoms with Crippen molar-refractivity contribution in [1.82, 2.24) is 10.0 Å². The van der Waals surface area contributed by atoms with Crippen molar-refractivity contribution in [3.05, 3.63) is 81.9 Å². The molecule has 1 heterocycles. The minimum absolute atomic E-state index is 0.00138. The number of carbonyl (C=O) groups is 4. The van der Waals surface area contributed by atoms with Crippen LogP contribution in [0.1, 0.15) is 34.1 Å². The first-order chi connectivity index (χ1) is 16.8. The molecule has 4 aliphatic carbocycles. The Morgan fingerprint density at radius 3 is 2.06 bits per heavy atom. The number of allylic oxidation sites excluding steroid dienone is 2. The average Bonchev–Trinajstić information content (AvgIpc) is 3.65. The van der Waals surface area contributed by atoms with Crippen LogP contribution in [-0.4, -0.2) is 39.6 Å². The van der Waals surface area contributed by atoms with Crippen molar-refractivity contribution in [3.8, 4) is 0 Å². The molecule has 7 atom stereocenters. The van der Waals surface area contributed by atoms with E-state index in [1.54, 1.807) is 30.3 Å². The van der Waals surface area contributed by atoms with Gasteiger partial charge in [0.15, 0.2) is 5.78 Å².